The molecule has 0 aliphatic carbocycles. The van der Waals surface area contributed by atoms with E-state index in [4.69, 9.17) is 5.21 Å². The van der Waals surface area contributed by atoms with Crippen molar-refractivity contribution in [3.8, 4) is 0 Å². The molecule has 1 N–H and O–H groups in total. The maximum atomic E-state index is 10.5. The SMILES string of the molecule is CC(/C(=N/O)c1ccccc1)[N+](=O)[O-]. The van der Waals surface area contributed by atoms with E-state index in [1.165, 1.54) is 6.92 Å². The second-order valence-corrected chi connectivity index (χ2v) is 2.81. The molecule has 5 nitrogen and oxygen atoms in total. The van der Waals surface area contributed by atoms with Crippen LogP contribution in [0.5, 0.6) is 0 Å². The van der Waals surface area contributed by atoms with Gasteiger partial charge < -0.3 is 5.21 Å². The van der Waals surface area contributed by atoms with Crippen LogP contribution in [-0.4, -0.2) is 21.9 Å². The molecule has 0 aliphatic rings. The summed E-state index contributed by atoms with van der Waals surface area (Å²) in [7, 11) is 0. The Morgan fingerprint density at radius 2 is 2.07 bits per heavy atom. The summed E-state index contributed by atoms with van der Waals surface area (Å²) in [6.07, 6.45) is 0. The molecule has 1 aromatic carbocycles. The summed E-state index contributed by atoms with van der Waals surface area (Å²) in [6, 6.07) is 7.56. The molecule has 0 radical (unpaired) electrons. The van der Waals surface area contributed by atoms with Crippen molar-refractivity contribution < 1.29 is 10.1 Å². The summed E-state index contributed by atoms with van der Waals surface area (Å²) in [6.45, 7) is 1.38. The molecule has 1 unspecified atom stereocenters. The zero-order chi connectivity index (χ0) is 10.6. The summed E-state index contributed by atoms with van der Waals surface area (Å²) >= 11 is 0. The predicted molar refractivity (Wildman–Crippen MR) is 51.2 cm³/mol. The van der Waals surface area contributed by atoms with Gasteiger partial charge in [0.05, 0.1) is 0 Å². The molecule has 0 fully saturated rings. The van der Waals surface area contributed by atoms with Crippen LogP contribution in [-0.2, 0) is 0 Å². The topological polar surface area (TPSA) is 75.7 Å². The summed E-state index contributed by atoms with van der Waals surface area (Å²) in [5.41, 5.74) is 0.620. The first-order chi connectivity index (χ1) is 6.66. The fourth-order valence-electron chi connectivity index (χ4n) is 1.09. The van der Waals surface area contributed by atoms with E-state index in [0.717, 1.165) is 0 Å². The summed E-state index contributed by atoms with van der Waals surface area (Å²) in [5, 5.41) is 22.1. The quantitative estimate of drug-likeness (QED) is 0.343. The Bertz CT molecular complexity index is 348. The Morgan fingerprint density at radius 3 is 2.50 bits per heavy atom. The lowest BCUT2D eigenvalue weighted by Crippen LogP contribution is -2.26. The summed E-state index contributed by atoms with van der Waals surface area (Å²) in [5.74, 6) is 0. The van der Waals surface area contributed by atoms with Crippen molar-refractivity contribution in [3.63, 3.8) is 0 Å². The molecule has 0 aromatic heterocycles. The minimum Gasteiger partial charge on any atom is -0.410 e. The van der Waals surface area contributed by atoms with E-state index in [2.05, 4.69) is 5.16 Å². The molecule has 1 atom stereocenters. The van der Waals surface area contributed by atoms with Gasteiger partial charge in [-0.05, 0) is 0 Å². The highest BCUT2D eigenvalue weighted by Crippen LogP contribution is 2.06. The van der Waals surface area contributed by atoms with Crippen LogP contribution < -0.4 is 0 Å². The van der Waals surface area contributed by atoms with Crippen molar-refractivity contribution in [2.24, 2.45) is 5.16 Å². The predicted octanol–water partition coefficient (Wildman–Crippen LogP) is 1.53. The average molecular weight is 194 g/mol. The third kappa shape index (κ3) is 2.07. The Kier molecular flexibility index (Phi) is 3.17. The third-order valence-electron chi connectivity index (χ3n) is 1.89. The lowest BCUT2D eigenvalue weighted by molar-refractivity contribution is -0.498. The number of oxime groups is 1. The molecule has 5 heteroatoms. The van der Waals surface area contributed by atoms with Gasteiger partial charge in [0, 0.05) is 17.4 Å². The van der Waals surface area contributed by atoms with Gasteiger partial charge in [-0.15, -0.1) is 0 Å². The second-order valence-electron chi connectivity index (χ2n) is 2.81. The van der Waals surface area contributed by atoms with Crippen LogP contribution in [0.4, 0.5) is 0 Å². The normalized spacial score (nSPS) is 13.6. The summed E-state index contributed by atoms with van der Waals surface area (Å²) < 4.78 is 0. The van der Waals surface area contributed by atoms with Crippen molar-refractivity contribution in [1.29, 1.82) is 0 Å². The minimum atomic E-state index is -1.01. The highest BCUT2D eigenvalue weighted by Gasteiger charge is 2.23. The fourth-order valence-corrected chi connectivity index (χ4v) is 1.09. The zero-order valence-corrected chi connectivity index (χ0v) is 7.62. The van der Waals surface area contributed by atoms with E-state index < -0.39 is 11.0 Å². The third-order valence-corrected chi connectivity index (χ3v) is 1.89. The molecule has 0 aliphatic heterocycles. The van der Waals surface area contributed by atoms with E-state index in [1.807, 2.05) is 0 Å². The van der Waals surface area contributed by atoms with Crippen LogP contribution in [0, 0.1) is 10.1 Å². The highest BCUT2D eigenvalue weighted by molar-refractivity contribution is 6.02. The first-order valence-corrected chi connectivity index (χ1v) is 4.07. The Morgan fingerprint density at radius 1 is 1.50 bits per heavy atom. The van der Waals surface area contributed by atoms with Crippen molar-refractivity contribution in [1.82, 2.24) is 0 Å². The van der Waals surface area contributed by atoms with Gasteiger partial charge >= 0.3 is 0 Å². The Hall–Kier alpha value is -1.91. The van der Waals surface area contributed by atoms with Crippen molar-refractivity contribution in [3.05, 3.63) is 46.0 Å². The van der Waals surface area contributed by atoms with Gasteiger partial charge in [-0.25, -0.2) is 0 Å². The average Bonchev–Trinajstić information content (AvgIpc) is 2.20. The van der Waals surface area contributed by atoms with Gasteiger partial charge in [0.2, 0.25) is 0 Å². The summed E-state index contributed by atoms with van der Waals surface area (Å²) in [4.78, 5) is 9.99. The fraction of sp³-hybridized carbons (Fsp3) is 0.222. The van der Waals surface area contributed by atoms with Gasteiger partial charge in [-0.1, -0.05) is 35.5 Å². The molecule has 0 saturated heterocycles. The molecule has 0 heterocycles. The molecule has 74 valence electrons. The Labute approximate surface area is 80.8 Å². The molecule has 1 aromatic rings. The van der Waals surface area contributed by atoms with E-state index in [-0.39, 0.29) is 5.71 Å². The standard InChI is InChI=1S/C9H10N2O3/c1-7(11(13)14)9(10-12)8-5-3-2-4-6-8/h2-7,12H,1H3/b10-9-. The number of hydrogen-bond acceptors (Lipinski definition) is 4. The minimum absolute atomic E-state index is 0.0654. The zero-order valence-electron chi connectivity index (χ0n) is 7.62. The molecule has 0 spiro atoms. The van der Waals surface area contributed by atoms with Crippen LogP contribution in [0.1, 0.15) is 12.5 Å². The lowest BCUT2D eigenvalue weighted by Gasteiger charge is -2.05. The molecule has 0 saturated carbocycles. The van der Waals surface area contributed by atoms with E-state index in [9.17, 15) is 10.1 Å². The molecule has 1 rings (SSSR count). The highest BCUT2D eigenvalue weighted by atomic mass is 16.6. The van der Waals surface area contributed by atoms with Gasteiger partial charge in [-0.3, -0.25) is 10.1 Å². The number of nitrogens with zero attached hydrogens (tertiary/aromatic N) is 2. The Balaban J connectivity index is 3.01. The van der Waals surface area contributed by atoms with Crippen molar-refractivity contribution in [2.45, 2.75) is 13.0 Å². The van der Waals surface area contributed by atoms with Crippen LogP contribution in [0.25, 0.3) is 0 Å². The van der Waals surface area contributed by atoms with Gasteiger partial charge in [-0.2, -0.15) is 0 Å². The molecular weight excluding hydrogens is 184 g/mol. The van der Waals surface area contributed by atoms with Crippen LogP contribution in [0.2, 0.25) is 0 Å². The molecule has 14 heavy (non-hydrogen) atoms. The number of rotatable bonds is 3. The largest absolute Gasteiger partial charge is 0.410 e. The van der Waals surface area contributed by atoms with Crippen LogP contribution >= 0.6 is 0 Å². The van der Waals surface area contributed by atoms with Gasteiger partial charge in [0.15, 0.2) is 5.71 Å². The van der Waals surface area contributed by atoms with E-state index in [1.54, 1.807) is 30.3 Å². The maximum Gasteiger partial charge on any atom is 0.255 e. The molecule has 0 bridgehead atoms. The first-order valence-electron chi connectivity index (χ1n) is 4.07. The van der Waals surface area contributed by atoms with Gasteiger partial charge in [0.1, 0.15) is 0 Å². The lowest BCUT2D eigenvalue weighted by atomic mass is 10.1. The van der Waals surface area contributed by atoms with E-state index >= 15 is 0 Å². The van der Waals surface area contributed by atoms with E-state index in [0.29, 0.717) is 5.56 Å². The number of nitro groups is 1. The monoisotopic (exact) mass is 194 g/mol. The molecular formula is C9H10N2O3. The first kappa shape index (κ1) is 10.2. The smallest absolute Gasteiger partial charge is 0.255 e. The second kappa shape index (κ2) is 4.36. The maximum absolute atomic E-state index is 10.5. The number of benzene rings is 1. The van der Waals surface area contributed by atoms with Crippen molar-refractivity contribution in [2.75, 3.05) is 0 Å². The van der Waals surface area contributed by atoms with Gasteiger partial charge in [0.25, 0.3) is 6.04 Å². The van der Waals surface area contributed by atoms with Crippen LogP contribution in [0.3, 0.4) is 0 Å². The van der Waals surface area contributed by atoms with Crippen molar-refractivity contribution >= 4 is 5.71 Å². The number of hydrogen-bond donors (Lipinski definition) is 1. The van der Waals surface area contributed by atoms with Crippen LogP contribution in [0.15, 0.2) is 35.5 Å². The molecule has 0 amide bonds.